The van der Waals surface area contributed by atoms with Crippen LogP contribution in [0.15, 0.2) is 78.9 Å². The average Bonchev–Trinajstić information content (AvgIpc) is 3.48. The average molecular weight is 535 g/mol. The van der Waals surface area contributed by atoms with Crippen molar-refractivity contribution in [3.8, 4) is 0 Å². The number of carbonyl (C=O) groups is 3. The highest BCUT2D eigenvalue weighted by Crippen LogP contribution is 2.46. The van der Waals surface area contributed by atoms with Crippen molar-refractivity contribution in [1.82, 2.24) is 20.5 Å². The monoisotopic (exact) mass is 534 g/mol. The van der Waals surface area contributed by atoms with Crippen molar-refractivity contribution in [1.29, 1.82) is 0 Å². The number of para-hydroxylation sites is 1. The standard InChI is InChI=1S/C33H34N4O3/c1-20(2)18-27(31(38)34-17-16-21-10-4-3-5-11-21)36-32(39)28-19-25-22-12-8-9-15-26(22)35-29(25)30-23-13-6-7-14-24(23)33(40)37(28)30/h3-15,20,27-28,30,35H,16-19H2,1-2H3,(H,34,38)(H,36,39)/t27-,28-,30-/m0/s1. The lowest BCUT2D eigenvalue weighted by Gasteiger charge is -2.37. The Balaban J connectivity index is 1.27. The molecule has 2 aliphatic rings. The first-order valence-corrected chi connectivity index (χ1v) is 14.1. The Morgan fingerprint density at radius 2 is 1.70 bits per heavy atom. The van der Waals surface area contributed by atoms with E-state index in [1.54, 1.807) is 4.90 Å². The molecule has 40 heavy (non-hydrogen) atoms. The van der Waals surface area contributed by atoms with Gasteiger partial charge in [-0.15, -0.1) is 0 Å². The van der Waals surface area contributed by atoms with E-state index in [-0.39, 0.29) is 29.7 Å². The number of fused-ring (bicyclic) bond motifs is 7. The van der Waals surface area contributed by atoms with Crippen LogP contribution in [0.5, 0.6) is 0 Å². The zero-order valence-electron chi connectivity index (χ0n) is 22.8. The number of carbonyl (C=O) groups excluding carboxylic acids is 3. The molecule has 3 heterocycles. The van der Waals surface area contributed by atoms with E-state index in [0.29, 0.717) is 31.4 Å². The van der Waals surface area contributed by atoms with Gasteiger partial charge < -0.3 is 20.5 Å². The predicted molar refractivity (Wildman–Crippen MR) is 155 cm³/mol. The molecule has 0 bridgehead atoms. The van der Waals surface area contributed by atoms with Crippen molar-refractivity contribution >= 4 is 28.6 Å². The fraction of sp³-hybridized carbons (Fsp3) is 0.303. The van der Waals surface area contributed by atoms with E-state index >= 15 is 0 Å². The van der Waals surface area contributed by atoms with Gasteiger partial charge in [-0.3, -0.25) is 14.4 Å². The van der Waals surface area contributed by atoms with Crippen molar-refractivity contribution in [3.63, 3.8) is 0 Å². The van der Waals surface area contributed by atoms with E-state index in [0.717, 1.165) is 33.3 Å². The van der Waals surface area contributed by atoms with Crippen LogP contribution in [0.1, 0.15) is 59.1 Å². The lowest BCUT2D eigenvalue weighted by molar-refractivity contribution is -0.132. The lowest BCUT2D eigenvalue weighted by atomic mass is 9.89. The minimum Gasteiger partial charge on any atom is -0.356 e. The molecular weight excluding hydrogens is 500 g/mol. The largest absolute Gasteiger partial charge is 0.356 e. The van der Waals surface area contributed by atoms with Gasteiger partial charge in [0.05, 0.1) is 6.04 Å². The van der Waals surface area contributed by atoms with Crippen molar-refractivity contribution < 1.29 is 14.4 Å². The first-order valence-electron chi connectivity index (χ1n) is 14.1. The van der Waals surface area contributed by atoms with Gasteiger partial charge in [0, 0.05) is 35.1 Å². The zero-order chi connectivity index (χ0) is 27.8. The zero-order valence-corrected chi connectivity index (χ0v) is 22.8. The number of nitrogens with one attached hydrogen (secondary N) is 3. The molecular formula is C33H34N4O3. The summed E-state index contributed by atoms with van der Waals surface area (Å²) in [4.78, 5) is 46.2. The summed E-state index contributed by atoms with van der Waals surface area (Å²) in [5, 5.41) is 7.11. The van der Waals surface area contributed by atoms with Crippen LogP contribution in [-0.2, 0) is 22.4 Å². The molecule has 7 nitrogen and oxygen atoms in total. The molecule has 3 N–H and O–H groups in total. The topological polar surface area (TPSA) is 94.3 Å². The maximum Gasteiger partial charge on any atom is 0.255 e. The Morgan fingerprint density at radius 1 is 0.975 bits per heavy atom. The smallest absolute Gasteiger partial charge is 0.255 e. The molecule has 3 aromatic carbocycles. The van der Waals surface area contributed by atoms with E-state index in [4.69, 9.17) is 0 Å². The minimum atomic E-state index is -0.733. The van der Waals surface area contributed by atoms with Gasteiger partial charge in [-0.2, -0.15) is 0 Å². The second-order valence-electron chi connectivity index (χ2n) is 11.2. The summed E-state index contributed by atoms with van der Waals surface area (Å²) in [7, 11) is 0. The molecule has 0 aliphatic carbocycles. The summed E-state index contributed by atoms with van der Waals surface area (Å²) in [6.07, 6.45) is 1.60. The number of aromatic amines is 1. The van der Waals surface area contributed by atoms with Gasteiger partial charge in [0.15, 0.2) is 0 Å². The Labute approximate surface area is 234 Å². The van der Waals surface area contributed by atoms with Crippen LogP contribution in [0.4, 0.5) is 0 Å². The summed E-state index contributed by atoms with van der Waals surface area (Å²) in [5.41, 5.74) is 5.66. The Kier molecular flexibility index (Phi) is 6.88. The summed E-state index contributed by atoms with van der Waals surface area (Å²) in [5.74, 6) is -0.458. The maximum absolute atomic E-state index is 14.0. The van der Waals surface area contributed by atoms with Crippen molar-refractivity contribution in [2.45, 2.75) is 51.2 Å². The SMILES string of the molecule is CC(C)C[C@H](NC(=O)[C@@H]1Cc2c([nH]c3ccccc23)[C@@H]2c3ccccc3C(=O)N21)C(=O)NCCc1ccccc1. The molecule has 0 spiro atoms. The first-order chi connectivity index (χ1) is 19.4. The third-order valence-corrected chi connectivity index (χ3v) is 8.05. The van der Waals surface area contributed by atoms with Gasteiger partial charge in [-0.25, -0.2) is 0 Å². The minimum absolute atomic E-state index is 0.155. The first kappa shape index (κ1) is 25.9. The Bertz CT molecular complexity index is 1580. The second kappa shape index (κ2) is 10.6. The van der Waals surface area contributed by atoms with E-state index in [2.05, 4.69) is 21.7 Å². The molecule has 204 valence electrons. The third kappa shape index (κ3) is 4.66. The molecule has 0 saturated heterocycles. The number of hydrogen-bond acceptors (Lipinski definition) is 3. The van der Waals surface area contributed by atoms with Crippen LogP contribution < -0.4 is 10.6 Å². The van der Waals surface area contributed by atoms with Crippen LogP contribution >= 0.6 is 0 Å². The van der Waals surface area contributed by atoms with E-state index < -0.39 is 12.1 Å². The third-order valence-electron chi connectivity index (χ3n) is 8.05. The molecule has 1 aromatic heterocycles. The van der Waals surface area contributed by atoms with E-state index in [1.807, 2.05) is 86.6 Å². The molecule has 2 aliphatic heterocycles. The fourth-order valence-corrected chi connectivity index (χ4v) is 6.21. The summed E-state index contributed by atoms with van der Waals surface area (Å²) in [6.45, 7) is 4.55. The van der Waals surface area contributed by atoms with Crippen LogP contribution in [0, 0.1) is 5.92 Å². The predicted octanol–water partition coefficient (Wildman–Crippen LogP) is 4.53. The molecule has 7 heteroatoms. The molecule has 0 fully saturated rings. The van der Waals surface area contributed by atoms with Crippen LogP contribution in [0.25, 0.3) is 10.9 Å². The van der Waals surface area contributed by atoms with Gasteiger partial charge in [-0.05, 0) is 47.6 Å². The van der Waals surface area contributed by atoms with Gasteiger partial charge in [0.2, 0.25) is 11.8 Å². The van der Waals surface area contributed by atoms with Gasteiger partial charge in [0.25, 0.3) is 5.91 Å². The van der Waals surface area contributed by atoms with Crippen molar-refractivity contribution in [2.24, 2.45) is 5.92 Å². The quantitative estimate of drug-likeness (QED) is 0.310. The van der Waals surface area contributed by atoms with Crippen molar-refractivity contribution in [3.05, 3.63) is 107 Å². The van der Waals surface area contributed by atoms with Gasteiger partial charge in [0.1, 0.15) is 12.1 Å². The van der Waals surface area contributed by atoms with Crippen LogP contribution in [0.2, 0.25) is 0 Å². The number of benzene rings is 3. The molecule has 0 unspecified atom stereocenters. The number of nitrogens with zero attached hydrogens (tertiary/aromatic N) is 1. The van der Waals surface area contributed by atoms with Crippen LogP contribution in [-0.4, -0.2) is 46.2 Å². The molecule has 4 aromatic rings. The number of H-pyrrole nitrogens is 1. The number of rotatable bonds is 8. The fourth-order valence-electron chi connectivity index (χ4n) is 6.21. The number of hydrogen-bond donors (Lipinski definition) is 3. The lowest BCUT2D eigenvalue weighted by Crippen LogP contribution is -2.56. The normalized spacial score (nSPS) is 18.3. The molecule has 0 saturated carbocycles. The summed E-state index contributed by atoms with van der Waals surface area (Å²) >= 11 is 0. The second-order valence-corrected chi connectivity index (χ2v) is 11.2. The highest BCUT2D eigenvalue weighted by Gasteiger charge is 2.49. The summed E-state index contributed by atoms with van der Waals surface area (Å²) in [6, 6.07) is 23.8. The molecule has 0 radical (unpaired) electrons. The number of aromatic nitrogens is 1. The summed E-state index contributed by atoms with van der Waals surface area (Å²) < 4.78 is 0. The Hall–Kier alpha value is -4.39. The van der Waals surface area contributed by atoms with E-state index in [1.165, 1.54) is 0 Å². The van der Waals surface area contributed by atoms with Crippen molar-refractivity contribution in [2.75, 3.05) is 6.54 Å². The molecule has 6 rings (SSSR count). The van der Waals surface area contributed by atoms with Crippen LogP contribution in [0.3, 0.4) is 0 Å². The van der Waals surface area contributed by atoms with Gasteiger partial charge >= 0.3 is 0 Å². The Morgan fingerprint density at radius 3 is 2.50 bits per heavy atom. The highest BCUT2D eigenvalue weighted by atomic mass is 16.2. The number of amides is 3. The van der Waals surface area contributed by atoms with Gasteiger partial charge in [-0.1, -0.05) is 80.6 Å². The molecule has 3 amide bonds. The van der Waals surface area contributed by atoms with E-state index in [9.17, 15) is 14.4 Å². The highest BCUT2D eigenvalue weighted by molar-refractivity contribution is 6.04. The maximum atomic E-state index is 14.0. The molecule has 3 atom stereocenters.